The van der Waals surface area contributed by atoms with Crippen LogP contribution in [-0.2, 0) is 0 Å². The maximum Gasteiger partial charge on any atom is 0.164 e. The zero-order valence-electron chi connectivity index (χ0n) is 9.32. The van der Waals surface area contributed by atoms with Crippen molar-refractivity contribution in [3.05, 3.63) is 18.2 Å². The minimum absolute atomic E-state index is 0.0121. The predicted octanol–water partition coefficient (Wildman–Crippen LogP) is 1.43. The highest BCUT2D eigenvalue weighted by molar-refractivity contribution is 5.45. The first-order valence-corrected chi connectivity index (χ1v) is 4.77. The third kappa shape index (κ3) is 3.32. The molecule has 0 aliphatic rings. The van der Waals surface area contributed by atoms with Gasteiger partial charge in [0.25, 0.3) is 0 Å². The Bertz CT molecular complexity index is 313. The van der Waals surface area contributed by atoms with E-state index in [2.05, 4.69) is 0 Å². The van der Waals surface area contributed by atoms with Crippen molar-refractivity contribution in [1.29, 1.82) is 0 Å². The number of hydrogen-bond donors (Lipinski definition) is 1. The zero-order valence-corrected chi connectivity index (χ0v) is 9.32. The van der Waals surface area contributed by atoms with Crippen molar-refractivity contribution in [1.82, 2.24) is 0 Å². The molecule has 0 aromatic heterocycles. The number of benzene rings is 1. The minimum Gasteiger partial charge on any atom is -0.493 e. The molecule has 84 valence electrons. The van der Waals surface area contributed by atoms with Gasteiger partial charge in [-0.25, -0.2) is 0 Å². The molecule has 1 rings (SSSR count). The molecule has 0 saturated carbocycles. The van der Waals surface area contributed by atoms with E-state index in [9.17, 15) is 0 Å². The summed E-state index contributed by atoms with van der Waals surface area (Å²) in [6.45, 7) is 2.37. The van der Waals surface area contributed by atoms with Gasteiger partial charge < -0.3 is 19.9 Å². The first-order chi connectivity index (χ1) is 7.17. The average molecular weight is 211 g/mol. The van der Waals surface area contributed by atoms with Crippen LogP contribution in [0.3, 0.4) is 0 Å². The molecule has 0 unspecified atom stereocenters. The first-order valence-electron chi connectivity index (χ1n) is 4.77. The Balaban J connectivity index is 2.74. The molecule has 4 heteroatoms. The lowest BCUT2D eigenvalue weighted by atomic mass is 10.3. The summed E-state index contributed by atoms with van der Waals surface area (Å²) in [4.78, 5) is 0. The molecule has 0 heterocycles. The standard InChI is InChI=1S/C11H17NO3/c1-8(12)7-15-9-4-5-10(13-2)11(6-9)14-3/h4-6,8H,7,12H2,1-3H3/t8-/m0/s1. The van der Waals surface area contributed by atoms with Crippen LogP contribution < -0.4 is 19.9 Å². The number of hydrogen-bond acceptors (Lipinski definition) is 4. The number of nitrogens with two attached hydrogens (primary N) is 1. The monoisotopic (exact) mass is 211 g/mol. The summed E-state index contributed by atoms with van der Waals surface area (Å²) < 4.78 is 15.7. The average Bonchev–Trinajstić information content (AvgIpc) is 2.25. The lowest BCUT2D eigenvalue weighted by molar-refractivity contribution is 0.292. The Morgan fingerprint density at radius 3 is 2.40 bits per heavy atom. The van der Waals surface area contributed by atoms with Gasteiger partial charge in [0, 0.05) is 12.1 Å². The Hall–Kier alpha value is -1.42. The summed E-state index contributed by atoms with van der Waals surface area (Å²) in [5.41, 5.74) is 5.59. The molecule has 0 bridgehead atoms. The van der Waals surface area contributed by atoms with E-state index < -0.39 is 0 Å². The topological polar surface area (TPSA) is 53.7 Å². The second kappa shape index (κ2) is 5.46. The van der Waals surface area contributed by atoms with Crippen molar-refractivity contribution in [3.63, 3.8) is 0 Å². The Morgan fingerprint density at radius 2 is 1.87 bits per heavy atom. The molecule has 15 heavy (non-hydrogen) atoms. The summed E-state index contributed by atoms with van der Waals surface area (Å²) in [5.74, 6) is 2.07. The van der Waals surface area contributed by atoms with Crippen LogP contribution in [0.1, 0.15) is 6.92 Å². The summed E-state index contributed by atoms with van der Waals surface area (Å²) in [5, 5.41) is 0. The summed E-state index contributed by atoms with van der Waals surface area (Å²) in [7, 11) is 3.19. The second-order valence-electron chi connectivity index (χ2n) is 3.31. The quantitative estimate of drug-likeness (QED) is 0.800. The zero-order chi connectivity index (χ0) is 11.3. The summed E-state index contributed by atoms with van der Waals surface area (Å²) >= 11 is 0. The molecule has 1 aromatic rings. The van der Waals surface area contributed by atoms with Gasteiger partial charge in [-0.1, -0.05) is 0 Å². The van der Waals surface area contributed by atoms with Gasteiger partial charge in [0.1, 0.15) is 12.4 Å². The van der Waals surface area contributed by atoms with Crippen LogP contribution >= 0.6 is 0 Å². The summed E-state index contributed by atoms with van der Waals surface area (Å²) in [6, 6.07) is 5.42. The smallest absolute Gasteiger partial charge is 0.164 e. The van der Waals surface area contributed by atoms with Gasteiger partial charge in [0.15, 0.2) is 11.5 Å². The number of rotatable bonds is 5. The van der Waals surface area contributed by atoms with E-state index in [1.807, 2.05) is 13.0 Å². The van der Waals surface area contributed by atoms with Crippen LogP contribution in [0.25, 0.3) is 0 Å². The maximum absolute atomic E-state index is 5.59. The van der Waals surface area contributed by atoms with Crippen molar-refractivity contribution in [2.24, 2.45) is 5.73 Å². The van der Waals surface area contributed by atoms with Gasteiger partial charge in [-0.2, -0.15) is 0 Å². The molecule has 0 aliphatic heterocycles. The molecule has 2 N–H and O–H groups in total. The molecule has 0 radical (unpaired) electrons. The Morgan fingerprint density at radius 1 is 1.20 bits per heavy atom. The fourth-order valence-electron chi connectivity index (χ4n) is 1.13. The lowest BCUT2D eigenvalue weighted by Gasteiger charge is -2.11. The van der Waals surface area contributed by atoms with Crippen molar-refractivity contribution in [2.45, 2.75) is 13.0 Å². The summed E-state index contributed by atoms with van der Waals surface area (Å²) in [6.07, 6.45) is 0. The van der Waals surface area contributed by atoms with Crippen LogP contribution in [-0.4, -0.2) is 26.9 Å². The normalized spacial score (nSPS) is 12.0. The minimum atomic E-state index is 0.0121. The highest BCUT2D eigenvalue weighted by Gasteiger charge is 2.05. The highest BCUT2D eigenvalue weighted by Crippen LogP contribution is 2.30. The molecular formula is C11H17NO3. The first kappa shape index (κ1) is 11.7. The van der Waals surface area contributed by atoms with E-state index in [-0.39, 0.29) is 6.04 Å². The van der Waals surface area contributed by atoms with Crippen molar-refractivity contribution in [2.75, 3.05) is 20.8 Å². The van der Waals surface area contributed by atoms with E-state index in [0.29, 0.717) is 18.1 Å². The van der Waals surface area contributed by atoms with E-state index >= 15 is 0 Å². The van der Waals surface area contributed by atoms with Crippen LogP contribution in [0.15, 0.2) is 18.2 Å². The largest absolute Gasteiger partial charge is 0.493 e. The molecular weight excluding hydrogens is 194 g/mol. The van der Waals surface area contributed by atoms with Crippen molar-refractivity contribution >= 4 is 0 Å². The van der Waals surface area contributed by atoms with Gasteiger partial charge in [-0.15, -0.1) is 0 Å². The van der Waals surface area contributed by atoms with Gasteiger partial charge in [0.05, 0.1) is 14.2 Å². The van der Waals surface area contributed by atoms with Crippen molar-refractivity contribution < 1.29 is 14.2 Å². The number of ether oxygens (including phenoxy) is 3. The predicted molar refractivity (Wildman–Crippen MR) is 58.7 cm³/mol. The van der Waals surface area contributed by atoms with Gasteiger partial charge >= 0.3 is 0 Å². The fraction of sp³-hybridized carbons (Fsp3) is 0.455. The van der Waals surface area contributed by atoms with Crippen LogP contribution in [0, 0.1) is 0 Å². The van der Waals surface area contributed by atoms with Gasteiger partial charge in [-0.3, -0.25) is 0 Å². The fourth-order valence-corrected chi connectivity index (χ4v) is 1.13. The van der Waals surface area contributed by atoms with E-state index in [1.54, 1.807) is 26.4 Å². The lowest BCUT2D eigenvalue weighted by Crippen LogP contribution is -2.23. The Kier molecular flexibility index (Phi) is 4.24. The van der Waals surface area contributed by atoms with Gasteiger partial charge in [0.2, 0.25) is 0 Å². The molecule has 0 amide bonds. The van der Waals surface area contributed by atoms with Crippen LogP contribution in [0.2, 0.25) is 0 Å². The van der Waals surface area contributed by atoms with Crippen LogP contribution in [0.5, 0.6) is 17.2 Å². The molecule has 1 aromatic carbocycles. The van der Waals surface area contributed by atoms with E-state index in [0.717, 1.165) is 5.75 Å². The molecule has 4 nitrogen and oxygen atoms in total. The molecule has 1 atom stereocenters. The number of methoxy groups -OCH3 is 2. The van der Waals surface area contributed by atoms with Crippen LogP contribution in [0.4, 0.5) is 0 Å². The third-order valence-corrected chi connectivity index (χ3v) is 1.87. The maximum atomic E-state index is 5.59. The van der Waals surface area contributed by atoms with E-state index in [4.69, 9.17) is 19.9 Å². The Labute approximate surface area is 89.9 Å². The van der Waals surface area contributed by atoms with E-state index in [1.165, 1.54) is 0 Å². The second-order valence-corrected chi connectivity index (χ2v) is 3.31. The molecule has 0 fully saturated rings. The SMILES string of the molecule is COc1ccc(OC[C@H](C)N)cc1OC. The highest BCUT2D eigenvalue weighted by atomic mass is 16.5. The molecule has 0 saturated heterocycles. The molecule has 0 spiro atoms. The van der Waals surface area contributed by atoms with Crippen molar-refractivity contribution in [3.8, 4) is 17.2 Å². The van der Waals surface area contributed by atoms with Gasteiger partial charge in [-0.05, 0) is 19.1 Å². The third-order valence-electron chi connectivity index (χ3n) is 1.87. The molecule has 0 aliphatic carbocycles.